The van der Waals surface area contributed by atoms with Crippen molar-refractivity contribution in [2.75, 3.05) is 58.4 Å². The highest BCUT2D eigenvalue weighted by molar-refractivity contribution is 7.10. The number of rotatable bonds is 8. The number of cyclic esters (lactones) is 1. The summed E-state index contributed by atoms with van der Waals surface area (Å²) in [4.78, 5) is 55.6. The van der Waals surface area contributed by atoms with Crippen LogP contribution in [0, 0.1) is 17.2 Å². The van der Waals surface area contributed by atoms with Gasteiger partial charge in [-0.3, -0.25) is 24.4 Å². The Balaban J connectivity index is 1.40. The first kappa shape index (κ1) is 42.7. The molecule has 2 unspecified atom stereocenters. The summed E-state index contributed by atoms with van der Waals surface area (Å²) in [6.45, 7) is 16.7. The average Bonchev–Trinajstić information content (AvgIpc) is 3.79. The van der Waals surface area contributed by atoms with E-state index in [-0.39, 0.29) is 43.3 Å². The van der Waals surface area contributed by atoms with Crippen LogP contribution in [0.15, 0.2) is 29.8 Å². The van der Waals surface area contributed by atoms with E-state index in [4.69, 9.17) is 19.4 Å². The Morgan fingerprint density at radius 3 is 2.59 bits per heavy atom. The standard InChI is InChI=1S/C44H59FN8O5S/c1-9-52-37-20-33(45)30-19-29(37)32(41(52)31-18-28(23-46-40(31)27(4)57-8)51-15-13-50(7)14-16-51)22-44(5,6)25-58-43(56)34-11-10-12-53(49-34)42(55)35(47-38(54)17-26(2)3)21-39-48-36(30)24-59-39/h18-20,23-24,26-27,34-35,49H,9-17,21-22,25H2,1-8H3,(H,47,54)/t27?,34?,35-/m0/s1. The molecule has 2 amide bonds. The first-order valence-electron chi connectivity index (χ1n) is 21.0. The van der Waals surface area contributed by atoms with Crippen LogP contribution in [0.2, 0.25) is 0 Å². The number of nitrogens with one attached hydrogen (secondary N) is 2. The van der Waals surface area contributed by atoms with Crippen LogP contribution in [0.3, 0.4) is 0 Å². The summed E-state index contributed by atoms with van der Waals surface area (Å²) in [6.07, 6.45) is 3.54. The minimum Gasteiger partial charge on any atom is -0.464 e. The molecule has 1 aromatic carbocycles. The number of fused-ring (bicyclic) bond motifs is 6. The van der Waals surface area contributed by atoms with Gasteiger partial charge in [-0.1, -0.05) is 27.7 Å². The van der Waals surface area contributed by atoms with E-state index in [2.05, 4.69) is 59.0 Å². The molecule has 2 saturated heterocycles. The third kappa shape index (κ3) is 9.18. The van der Waals surface area contributed by atoms with Crippen LogP contribution < -0.4 is 15.6 Å². The van der Waals surface area contributed by atoms with Gasteiger partial charge in [-0.15, -0.1) is 11.3 Å². The van der Waals surface area contributed by atoms with Crippen molar-refractivity contribution in [3.8, 4) is 22.5 Å². The molecule has 59 heavy (non-hydrogen) atoms. The molecule has 0 saturated carbocycles. The second-order valence-electron chi connectivity index (χ2n) is 17.5. The van der Waals surface area contributed by atoms with Crippen LogP contribution in [0.4, 0.5) is 10.1 Å². The highest BCUT2D eigenvalue weighted by Gasteiger charge is 2.36. The number of aryl methyl sites for hydroxylation is 1. The maximum absolute atomic E-state index is 16.6. The van der Waals surface area contributed by atoms with E-state index < -0.39 is 29.3 Å². The van der Waals surface area contributed by atoms with Crippen LogP contribution in [0.25, 0.3) is 33.4 Å². The van der Waals surface area contributed by atoms with Crippen molar-refractivity contribution in [1.82, 2.24) is 35.2 Å². The molecule has 3 atom stereocenters. The van der Waals surface area contributed by atoms with E-state index in [1.54, 1.807) is 13.2 Å². The second-order valence-corrected chi connectivity index (χ2v) is 18.5. The van der Waals surface area contributed by atoms with Crippen molar-refractivity contribution in [2.45, 2.75) is 98.4 Å². The molecule has 13 nitrogen and oxygen atoms in total. The number of carbonyl (C=O) groups is 3. The summed E-state index contributed by atoms with van der Waals surface area (Å²) >= 11 is 1.32. The lowest BCUT2D eigenvalue weighted by molar-refractivity contribution is -0.155. The van der Waals surface area contributed by atoms with Gasteiger partial charge in [-0.05, 0) is 69.8 Å². The number of ether oxygens (including phenoxy) is 2. The number of halogens is 1. The first-order valence-corrected chi connectivity index (χ1v) is 21.8. The van der Waals surface area contributed by atoms with Crippen molar-refractivity contribution < 1.29 is 28.2 Å². The molecule has 318 valence electrons. The SMILES string of the molecule is CCn1c(-c2cc(N3CCN(C)CC3)cnc2C(C)OC)c2c3cc(c(F)cc31)-c1csc(n1)C[C@H](NC(=O)CC(C)C)C(=O)N1CCCC(N1)C(=O)OCC(C)(C)C2. The molecule has 2 N–H and O–H groups in total. The van der Waals surface area contributed by atoms with Gasteiger partial charge in [0.2, 0.25) is 5.91 Å². The molecule has 3 aromatic heterocycles. The summed E-state index contributed by atoms with van der Waals surface area (Å²) in [5, 5.41) is 7.63. The van der Waals surface area contributed by atoms with E-state index in [9.17, 15) is 14.4 Å². The van der Waals surface area contributed by atoms with E-state index >= 15 is 4.39 Å². The summed E-state index contributed by atoms with van der Waals surface area (Å²) in [5.74, 6) is -1.39. The summed E-state index contributed by atoms with van der Waals surface area (Å²) < 4.78 is 30.8. The molecular weight excluding hydrogens is 772 g/mol. The molecule has 4 aromatic rings. The fourth-order valence-corrected chi connectivity index (χ4v) is 9.35. The Bertz CT molecular complexity index is 2190. The van der Waals surface area contributed by atoms with Crippen molar-refractivity contribution in [2.24, 2.45) is 11.3 Å². The molecule has 6 bridgehead atoms. The fourth-order valence-electron chi connectivity index (χ4n) is 8.50. The van der Waals surface area contributed by atoms with Crippen molar-refractivity contribution in [3.63, 3.8) is 0 Å². The molecule has 0 radical (unpaired) electrons. The smallest absolute Gasteiger partial charge is 0.324 e. The van der Waals surface area contributed by atoms with Crippen LogP contribution in [0.5, 0.6) is 0 Å². The number of esters is 1. The zero-order valence-corrected chi connectivity index (χ0v) is 36.5. The largest absolute Gasteiger partial charge is 0.464 e. The number of hydrazine groups is 1. The fraction of sp³-hybridized carbons (Fsp3) is 0.568. The zero-order valence-electron chi connectivity index (χ0n) is 35.7. The molecular formula is C44H59FN8O5S. The number of nitrogens with zero attached hydrogens (tertiary/aromatic N) is 6. The molecule has 3 aliphatic heterocycles. The van der Waals surface area contributed by atoms with Crippen molar-refractivity contribution in [1.29, 1.82) is 0 Å². The maximum atomic E-state index is 16.6. The van der Waals surface area contributed by atoms with E-state index in [0.29, 0.717) is 48.6 Å². The van der Waals surface area contributed by atoms with Gasteiger partial charge < -0.3 is 29.2 Å². The number of aromatic nitrogens is 3. The number of amides is 2. The van der Waals surface area contributed by atoms with Gasteiger partial charge in [-0.2, -0.15) is 0 Å². The minimum absolute atomic E-state index is 0.0882. The predicted octanol–water partition coefficient (Wildman–Crippen LogP) is 6.14. The topological polar surface area (TPSA) is 134 Å². The predicted molar refractivity (Wildman–Crippen MR) is 228 cm³/mol. The van der Waals surface area contributed by atoms with Gasteiger partial charge in [0.05, 0.1) is 52.2 Å². The van der Waals surface area contributed by atoms with Crippen LogP contribution in [0.1, 0.15) is 83.2 Å². The van der Waals surface area contributed by atoms with E-state index in [0.717, 1.165) is 65.3 Å². The number of piperazine rings is 1. The number of likely N-dealkylation sites (N-methyl/N-ethyl adjacent to an activating group) is 1. The van der Waals surface area contributed by atoms with Gasteiger partial charge in [0.25, 0.3) is 5.91 Å². The van der Waals surface area contributed by atoms with Gasteiger partial charge in [0.1, 0.15) is 17.9 Å². The van der Waals surface area contributed by atoms with Crippen LogP contribution >= 0.6 is 11.3 Å². The van der Waals surface area contributed by atoms with E-state index in [1.165, 1.54) is 16.3 Å². The number of carbonyl (C=O) groups excluding carboxylic acids is 3. The lowest BCUT2D eigenvalue weighted by atomic mass is 9.84. The quantitative estimate of drug-likeness (QED) is 0.200. The average molecular weight is 831 g/mol. The Labute approximate surface area is 350 Å². The molecule has 0 spiro atoms. The lowest BCUT2D eigenvalue weighted by Gasteiger charge is -2.35. The number of thiazole rings is 1. The number of anilines is 1. The Hall–Kier alpha value is -4.44. The van der Waals surface area contributed by atoms with Crippen molar-refractivity contribution in [3.05, 3.63) is 51.9 Å². The number of pyridine rings is 1. The zero-order chi connectivity index (χ0) is 42.2. The van der Waals surface area contributed by atoms with E-state index in [1.807, 2.05) is 38.4 Å². The Kier molecular flexibility index (Phi) is 12.8. The third-order valence-electron chi connectivity index (χ3n) is 11.8. The number of hydrogen-bond acceptors (Lipinski definition) is 11. The normalized spacial score (nSPS) is 21.1. The molecule has 7 rings (SSSR count). The first-order chi connectivity index (χ1) is 28.2. The van der Waals surface area contributed by atoms with Gasteiger partial charge in [0, 0.05) is 86.5 Å². The van der Waals surface area contributed by atoms with Crippen LogP contribution in [-0.4, -0.2) is 108 Å². The molecule has 15 heteroatoms. The maximum Gasteiger partial charge on any atom is 0.324 e. The number of benzene rings is 1. The monoisotopic (exact) mass is 830 g/mol. The number of methoxy groups -OCH3 is 1. The lowest BCUT2D eigenvalue weighted by Crippen LogP contribution is -2.60. The third-order valence-corrected chi connectivity index (χ3v) is 12.6. The highest BCUT2D eigenvalue weighted by atomic mass is 32.1. The summed E-state index contributed by atoms with van der Waals surface area (Å²) in [7, 11) is 3.82. The molecule has 2 fully saturated rings. The van der Waals surface area contributed by atoms with Crippen LogP contribution in [-0.2, 0) is 43.2 Å². The molecule has 0 aliphatic carbocycles. The summed E-state index contributed by atoms with van der Waals surface area (Å²) in [5.41, 5.74) is 8.71. The molecule has 3 aliphatic rings. The van der Waals surface area contributed by atoms with Crippen molar-refractivity contribution >= 4 is 45.7 Å². The Morgan fingerprint density at radius 2 is 1.88 bits per heavy atom. The summed E-state index contributed by atoms with van der Waals surface area (Å²) in [6, 6.07) is 4.02. The van der Waals surface area contributed by atoms with Gasteiger partial charge in [-0.25, -0.2) is 14.8 Å². The second kappa shape index (κ2) is 17.6. The van der Waals surface area contributed by atoms with Gasteiger partial charge in [0.15, 0.2) is 0 Å². The minimum atomic E-state index is -0.945. The Morgan fingerprint density at radius 1 is 1.12 bits per heavy atom. The highest BCUT2D eigenvalue weighted by Crippen LogP contribution is 2.43. The molecule has 6 heterocycles. The number of hydrogen-bond donors (Lipinski definition) is 2. The van der Waals surface area contributed by atoms with Gasteiger partial charge >= 0.3 is 5.97 Å².